The van der Waals surface area contributed by atoms with Crippen LogP contribution in [0, 0.1) is 0 Å². The van der Waals surface area contributed by atoms with Crippen LogP contribution in [0.2, 0.25) is 0 Å². The van der Waals surface area contributed by atoms with Gasteiger partial charge in [-0.3, -0.25) is 4.79 Å². The van der Waals surface area contributed by atoms with Gasteiger partial charge in [0, 0.05) is 23.0 Å². The maximum Gasteiger partial charge on any atom is 0.268 e. The Balaban J connectivity index is 1.67. The molecule has 1 atom stereocenters. The Morgan fingerprint density at radius 3 is 2.88 bits per heavy atom. The van der Waals surface area contributed by atoms with Crippen molar-refractivity contribution in [2.45, 2.75) is 32.4 Å². The van der Waals surface area contributed by atoms with Crippen LogP contribution in [0.25, 0.3) is 10.9 Å². The van der Waals surface area contributed by atoms with Crippen LogP contribution in [0.4, 0.5) is 0 Å². The van der Waals surface area contributed by atoms with Crippen LogP contribution in [0.3, 0.4) is 0 Å². The lowest BCUT2D eigenvalue weighted by molar-refractivity contribution is 0.0926. The molecule has 0 radical (unpaired) electrons. The van der Waals surface area contributed by atoms with Crippen LogP contribution in [-0.2, 0) is 6.54 Å². The average Bonchev–Trinajstić information content (AvgIpc) is 2.91. The number of amides is 1. The van der Waals surface area contributed by atoms with E-state index in [2.05, 4.69) is 22.9 Å². The van der Waals surface area contributed by atoms with Gasteiger partial charge in [0.2, 0.25) is 0 Å². The first-order chi connectivity index (χ1) is 12.3. The number of aryl methyl sites for hydroxylation is 1. The van der Waals surface area contributed by atoms with E-state index in [0.717, 1.165) is 41.6 Å². The van der Waals surface area contributed by atoms with E-state index in [1.165, 1.54) is 0 Å². The van der Waals surface area contributed by atoms with E-state index in [4.69, 9.17) is 4.74 Å². The summed E-state index contributed by atoms with van der Waals surface area (Å²) in [5.74, 6) is 0.848. The van der Waals surface area contributed by atoms with Crippen molar-refractivity contribution in [1.82, 2.24) is 9.88 Å². The minimum absolute atomic E-state index is 0.0190. The summed E-state index contributed by atoms with van der Waals surface area (Å²) in [5.41, 5.74) is 2.87. The molecule has 0 fully saturated rings. The fraction of sp³-hybridized carbons (Fsp3) is 0.286. The first kappa shape index (κ1) is 15.8. The number of carbonyl (C=O) groups is 1. The number of nitrogens with one attached hydrogen (secondary N) is 1. The lowest BCUT2D eigenvalue weighted by atomic mass is 10.0. The van der Waals surface area contributed by atoms with Crippen molar-refractivity contribution in [2.75, 3.05) is 6.61 Å². The molecule has 128 valence electrons. The molecule has 1 aromatic heterocycles. The number of ether oxygens (including phenoxy) is 1. The molecule has 0 saturated heterocycles. The third-order valence-electron chi connectivity index (χ3n) is 4.85. The summed E-state index contributed by atoms with van der Waals surface area (Å²) in [7, 11) is 0. The number of fused-ring (bicyclic) bond motifs is 2. The lowest BCUT2D eigenvalue weighted by Gasteiger charge is -2.19. The number of para-hydroxylation sites is 2. The summed E-state index contributed by atoms with van der Waals surface area (Å²) in [4.78, 5) is 13.0. The van der Waals surface area contributed by atoms with Crippen LogP contribution >= 0.6 is 0 Å². The largest absolute Gasteiger partial charge is 0.493 e. The second-order valence-corrected chi connectivity index (χ2v) is 6.39. The summed E-state index contributed by atoms with van der Waals surface area (Å²) in [6.07, 6.45) is 1.81. The van der Waals surface area contributed by atoms with Gasteiger partial charge in [-0.15, -0.1) is 0 Å². The molecule has 0 aliphatic carbocycles. The first-order valence-electron chi connectivity index (χ1n) is 8.89. The predicted molar refractivity (Wildman–Crippen MR) is 99.0 cm³/mol. The molecule has 4 nitrogen and oxygen atoms in total. The maximum atomic E-state index is 13.0. The molecule has 1 aliphatic heterocycles. The summed E-state index contributed by atoms with van der Waals surface area (Å²) in [6.45, 7) is 3.53. The summed E-state index contributed by atoms with van der Waals surface area (Å²) in [6, 6.07) is 18.1. The van der Waals surface area contributed by atoms with E-state index in [0.29, 0.717) is 12.3 Å². The fourth-order valence-corrected chi connectivity index (χ4v) is 3.65. The number of aromatic nitrogens is 1. The van der Waals surface area contributed by atoms with Gasteiger partial charge >= 0.3 is 0 Å². The van der Waals surface area contributed by atoms with Crippen molar-refractivity contribution in [2.24, 2.45) is 0 Å². The van der Waals surface area contributed by atoms with Crippen molar-refractivity contribution < 1.29 is 9.53 Å². The minimum Gasteiger partial charge on any atom is -0.493 e. The van der Waals surface area contributed by atoms with Crippen molar-refractivity contribution in [3.05, 3.63) is 65.9 Å². The zero-order chi connectivity index (χ0) is 17.2. The molecule has 1 amide bonds. The standard InChI is InChI=1S/C21H22N2O2/c1-2-23-18-11-5-3-8-15(18)14-19(23)21(24)22-17-10-7-13-25-20-12-6-4-9-16(17)20/h3-6,8-9,11-12,14,17H,2,7,10,13H2,1H3,(H,22,24)/t17-/m1/s1. The Morgan fingerprint density at radius 1 is 1.20 bits per heavy atom. The fourth-order valence-electron chi connectivity index (χ4n) is 3.65. The van der Waals surface area contributed by atoms with E-state index in [-0.39, 0.29) is 11.9 Å². The van der Waals surface area contributed by atoms with Crippen molar-refractivity contribution in [3.8, 4) is 5.75 Å². The van der Waals surface area contributed by atoms with Crippen LogP contribution in [0.1, 0.15) is 41.9 Å². The molecule has 1 aliphatic rings. The molecule has 25 heavy (non-hydrogen) atoms. The monoisotopic (exact) mass is 334 g/mol. The normalized spacial score (nSPS) is 16.8. The van der Waals surface area contributed by atoms with Crippen LogP contribution in [0.5, 0.6) is 5.75 Å². The maximum absolute atomic E-state index is 13.0. The summed E-state index contributed by atoms with van der Waals surface area (Å²) < 4.78 is 7.88. The van der Waals surface area contributed by atoms with Gasteiger partial charge in [-0.05, 0) is 38.0 Å². The van der Waals surface area contributed by atoms with E-state index >= 15 is 0 Å². The highest BCUT2D eigenvalue weighted by Gasteiger charge is 2.23. The van der Waals surface area contributed by atoms with Gasteiger partial charge in [0.1, 0.15) is 11.4 Å². The molecule has 1 N–H and O–H groups in total. The summed E-state index contributed by atoms with van der Waals surface area (Å²) >= 11 is 0. The zero-order valence-corrected chi connectivity index (χ0v) is 14.4. The molecular weight excluding hydrogens is 312 g/mol. The van der Waals surface area contributed by atoms with Gasteiger partial charge in [0.05, 0.1) is 12.6 Å². The van der Waals surface area contributed by atoms with Crippen LogP contribution in [0.15, 0.2) is 54.6 Å². The van der Waals surface area contributed by atoms with Gasteiger partial charge in [-0.2, -0.15) is 0 Å². The molecule has 0 unspecified atom stereocenters. The Labute approximate surface area is 147 Å². The second kappa shape index (κ2) is 6.63. The van der Waals surface area contributed by atoms with Gasteiger partial charge < -0.3 is 14.6 Å². The van der Waals surface area contributed by atoms with E-state index in [1.54, 1.807) is 0 Å². The quantitative estimate of drug-likeness (QED) is 0.776. The Bertz CT molecular complexity index is 913. The highest BCUT2D eigenvalue weighted by atomic mass is 16.5. The highest BCUT2D eigenvalue weighted by molar-refractivity contribution is 5.99. The number of hydrogen-bond acceptors (Lipinski definition) is 2. The SMILES string of the molecule is CCn1c(C(=O)N[C@@H]2CCCOc3ccccc32)cc2ccccc21. The molecule has 0 saturated carbocycles. The topological polar surface area (TPSA) is 43.3 Å². The van der Waals surface area contributed by atoms with Crippen molar-refractivity contribution in [1.29, 1.82) is 0 Å². The van der Waals surface area contributed by atoms with E-state index in [1.807, 2.05) is 48.5 Å². The Hall–Kier alpha value is -2.75. The Kier molecular flexibility index (Phi) is 4.18. The second-order valence-electron chi connectivity index (χ2n) is 6.39. The van der Waals surface area contributed by atoms with Crippen molar-refractivity contribution >= 4 is 16.8 Å². The van der Waals surface area contributed by atoms with Crippen LogP contribution in [-0.4, -0.2) is 17.1 Å². The average molecular weight is 334 g/mol. The number of nitrogens with zero attached hydrogens (tertiary/aromatic N) is 1. The van der Waals surface area contributed by atoms with E-state index < -0.39 is 0 Å². The molecule has 3 aromatic rings. The van der Waals surface area contributed by atoms with E-state index in [9.17, 15) is 4.79 Å². The molecule has 0 spiro atoms. The minimum atomic E-state index is -0.0280. The molecule has 4 heteroatoms. The molecular formula is C21H22N2O2. The number of rotatable bonds is 3. The van der Waals surface area contributed by atoms with Gasteiger partial charge in [-0.25, -0.2) is 0 Å². The third kappa shape index (κ3) is 2.88. The molecule has 2 aromatic carbocycles. The van der Waals surface area contributed by atoms with Gasteiger partial charge in [-0.1, -0.05) is 36.4 Å². The smallest absolute Gasteiger partial charge is 0.268 e. The number of carbonyl (C=O) groups excluding carboxylic acids is 1. The number of benzene rings is 2. The predicted octanol–water partition coefficient (Wildman–Crippen LogP) is 4.30. The lowest BCUT2D eigenvalue weighted by Crippen LogP contribution is -2.30. The number of hydrogen-bond donors (Lipinski definition) is 1. The van der Waals surface area contributed by atoms with Gasteiger partial charge in [0.25, 0.3) is 5.91 Å². The Morgan fingerprint density at radius 2 is 2.00 bits per heavy atom. The highest BCUT2D eigenvalue weighted by Crippen LogP contribution is 2.31. The molecule has 4 rings (SSSR count). The summed E-state index contributed by atoms with van der Waals surface area (Å²) in [5, 5.41) is 4.32. The molecule has 2 heterocycles. The zero-order valence-electron chi connectivity index (χ0n) is 14.4. The van der Waals surface area contributed by atoms with Crippen molar-refractivity contribution in [3.63, 3.8) is 0 Å². The van der Waals surface area contributed by atoms with Crippen LogP contribution < -0.4 is 10.1 Å². The first-order valence-corrected chi connectivity index (χ1v) is 8.89. The third-order valence-corrected chi connectivity index (χ3v) is 4.85. The molecule has 0 bridgehead atoms. The van der Waals surface area contributed by atoms with Gasteiger partial charge in [0.15, 0.2) is 0 Å².